The van der Waals surface area contributed by atoms with E-state index in [1.807, 2.05) is 24.3 Å². The number of nitrogens with zero attached hydrogens (tertiary/aromatic N) is 1. The molecule has 1 aromatic rings. The van der Waals surface area contributed by atoms with Gasteiger partial charge in [-0.1, -0.05) is 18.2 Å². The molecule has 0 saturated carbocycles. The van der Waals surface area contributed by atoms with Crippen LogP contribution in [0.2, 0.25) is 0 Å². The van der Waals surface area contributed by atoms with E-state index < -0.39 is 30.3 Å². The van der Waals surface area contributed by atoms with E-state index in [1.165, 1.54) is 0 Å². The number of carbonyl (C=O) groups excluding carboxylic acids is 1. The summed E-state index contributed by atoms with van der Waals surface area (Å²) >= 11 is 0. The van der Waals surface area contributed by atoms with E-state index in [-0.39, 0.29) is 6.42 Å². The van der Waals surface area contributed by atoms with Crippen LogP contribution in [0, 0.1) is 0 Å². The van der Waals surface area contributed by atoms with Crippen LogP contribution in [0.4, 0.5) is 0 Å². The summed E-state index contributed by atoms with van der Waals surface area (Å²) in [7, 11) is 0. The predicted molar refractivity (Wildman–Crippen MR) is 71.9 cm³/mol. The number of carboxylic acid groups (broad SMARTS) is 2. The van der Waals surface area contributed by atoms with Crippen molar-refractivity contribution >= 4 is 23.4 Å². The van der Waals surface area contributed by atoms with Gasteiger partial charge in [0.2, 0.25) is 5.91 Å². The molecular weight excluding hydrogens is 276 g/mol. The molecule has 0 fully saturated rings. The van der Waals surface area contributed by atoms with E-state index in [2.05, 4.69) is 10.3 Å². The van der Waals surface area contributed by atoms with Gasteiger partial charge in [0, 0.05) is 5.22 Å². The Morgan fingerprint density at radius 3 is 2.62 bits per heavy atom. The zero-order valence-corrected chi connectivity index (χ0v) is 11.1. The van der Waals surface area contributed by atoms with Gasteiger partial charge in [0.15, 0.2) is 0 Å². The minimum atomic E-state index is -1.43. The van der Waals surface area contributed by atoms with Crippen LogP contribution >= 0.6 is 0 Å². The molecule has 1 heterocycles. The molecule has 0 aliphatic carbocycles. The SMILES string of the molecule is O=C(O)C[C@H](NC(=O)CC1=c2ccccc2=NC1)C(=O)O. The van der Waals surface area contributed by atoms with E-state index in [9.17, 15) is 14.4 Å². The molecule has 2 rings (SSSR count). The fourth-order valence-electron chi connectivity index (χ4n) is 2.14. The van der Waals surface area contributed by atoms with Crippen LogP contribution < -0.4 is 15.9 Å². The maximum absolute atomic E-state index is 11.9. The second kappa shape index (κ2) is 6.17. The second-order valence-corrected chi connectivity index (χ2v) is 4.67. The Morgan fingerprint density at radius 2 is 1.95 bits per heavy atom. The van der Waals surface area contributed by atoms with Gasteiger partial charge in [-0.3, -0.25) is 14.6 Å². The van der Waals surface area contributed by atoms with Crippen molar-refractivity contribution < 1.29 is 24.6 Å². The lowest BCUT2D eigenvalue weighted by molar-refractivity contribution is -0.147. The minimum absolute atomic E-state index is 0.00388. The summed E-state index contributed by atoms with van der Waals surface area (Å²) in [6, 6.07) is 5.94. The molecule has 7 nitrogen and oxygen atoms in total. The molecular formula is C14H14N2O5. The lowest BCUT2D eigenvalue weighted by Crippen LogP contribution is -2.42. The first kappa shape index (κ1) is 14.7. The molecule has 1 aliphatic heterocycles. The van der Waals surface area contributed by atoms with Gasteiger partial charge in [-0.25, -0.2) is 4.79 Å². The fourth-order valence-corrected chi connectivity index (χ4v) is 2.14. The number of hydrogen-bond acceptors (Lipinski definition) is 4. The third kappa shape index (κ3) is 3.65. The lowest BCUT2D eigenvalue weighted by Gasteiger charge is -2.12. The first-order valence-electron chi connectivity index (χ1n) is 6.33. The van der Waals surface area contributed by atoms with Crippen molar-refractivity contribution in [1.29, 1.82) is 0 Å². The third-order valence-electron chi connectivity index (χ3n) is 3.11. The Morgan fingerprint density at radius 1 is 1.24 bits per heavy atom. The number of aliphatic carboxylic acids is 2. The van der Waals surface area contributed by atoms with Gasteiger partial charge in [0.05, 0.1) is 24.7 Å². The van der Waals surface area contributed by atoms with Crippen LogP contribution in [0.15, 0.2) is 29.3 Å². The Hall–Kier alpha value is -2.70. The molecule has 1 amide bonds. The number of fused-ring (bicyclic) bond motifs is 1. The summed E-state index contributed by atoms with van der Waals surface area (Å²) < 4.78 is 0. The van der Waals surface area contributed by atoms with Gasteiger partial charge in [-0.2, -0.15) is 0 Å². The maximum Gasteiger partial charge on any atom is 0.326 e. The van der Waals surface area contributed by atoms with E-state index in [0.717, 1.165) is 16.1 Å². The van der Waals surface area contributed by atoms with Crippen LogP contribution in [-0.2, 0) is 14.4 Å². The lowest BCUT2D eigenvalue weighted by atomic mass is 10.1. The summed E-state index contributed by atoms with van der Waals surface area (Å²) in [5, 5.41) is 21.4. The molecule has 1 aliphatic rings. The Kier molecular flexibility index (Phi) is 4.32. The number of carboxylic acids is 2. The Balaban J connectivity index is 2.08. The molecule has 0 radical (unpaired) electrons. The molecule has 0 unspecified atom stereocenters. The summed E-state index contributed by atoms with van der Waals surface area (Å²) in [6.45, 7) is 0.392. The van der Waals surface area contributed by atoms with Crippen LogP contribution in [0.3, 0.4) is 0 Å². The van der Waals surface area contributed by atoms with Crippen LogP contribution in [0.25, 0.3) is 5.57 Å². The van der Waals surface area contributed by atoms with Crippen LogP contribution in [0.1, 0.15) is 12.8 Å². The van der Waals surface area contributed by atoms with Gasteiger partial charge in [-0.05, 0) is 11.6 Å². The van der Waals surface area contributed by atoms with Crippen molar-refractivity contribution in [2.75, 3.05) is 6.54 Å². The van der Waals surface area contributed by atoms with E-state index in [0.29, 0.717) is 6.54 Å². The third-order valence-corrected chi connectivity index (χ3v) is 3.11. The number of hydrogen-bond donors (Lipinski definition) is 3. The molecule has 1 atom stereocenters. The zero-order valence-electron chi connectivity index (χ0n) is 11.1. The summed E-state index contributed by atoms with van der Waals surface area (Å²) in [5.41, 5.74) is 0.794. The first-order valence-corrected chi connectivity index (χ1v) is 6.33. The smallest absolute Gasteiger partial charge is 0.326 e. The summed E-state index contributed by atoms with van der Waals surface area (Å²) in [5.74, 6) is -3.17. The van der Waals surface area contributed by atoms with Crippen molar-refractivity contribution in [3.63, 3.8) is 0 Å². The molecule has 0 bridgehead atoms. The maximum atomic E-state index is 11.9. The van der Waals surface area contributed by atoms with E-state index >= 15 is 0 Å². The highest BCUT2D eigenvalue weighted by Crippen LogP contribution is 2.05. The minimum Gasteiger partial charge on any atom is -0.481 e. The van der Waals surface area contributed by atoms with Crippen LogP contribution in [-0.4, -0.2) is 40.6 Å². The highest BCUT2D eigenvalue weighted by Gasteiger charge is 2.23. The molecule has 110 valence electrons. The Bertz CT molecular complexity index is 710. The normalized spacial score (nSPS) is 14.0. The molecule has 7 heteroatoms. The highest BCUT2D eigenvalue weighted by atomic mass is 16.4. The van der Waals surface area contributed by atoms with Gasteiger partial charge in [0.1, 0.15) is 6.04 Å². The van der Waals surface area contributed by atoms with Gasteiger partial charge < -0.3 is 15.5 Å². The topological polar surface area (TPSA) is 116 Å². The van der Waals surface area contributed by atoms with Crippen molar-refractivity contribution in [1.82, 2.24) is 5.32 Å². The molecule has 0 saturated heterocycles. The van der Waals surface area contributed by atoms with Gasteiger partial charge in [-0.15, -0.1) is 0 Å². The number of nitrogens with one attached hydrogen (secondary N) is 1. The quantitative estimate of drug-likeness (QED) is 0.615. The second-order valence-electron chi connectivity index (χ2n) is 4.67. The van der Waals surface area contributed by atoms with Crippen molar-refractivity contribution in [3.05, 3.63) is 34.8 Å². The predicted octanol–water partition coefficient (Wildman–Crippen LogP) is -1.10. The van der Waals surface area contributed by atoms with Crippen molar-refractivity contribution in [3.8, 4) is 0 Å². The molecule has 0 aromatic heterocycles. The first-order chi connectivity index (χ1) is 9.97. The average molecular weight is 290 g/mol. The largest absolute Gasteiger partial charge is 0.481 e. The van der Waals surface area contributed by atoms with Gasteiger partial charge >= 0.3 is 11.9 Å². The number of carbonyl (C=O) groups is 3. The molecule has 21 heavy (non-hydrogen) atoms. The van der Waals surface area contributed by atoms with Crippen molar-refractivity contribution in [2.45, 2.75) is 18.9 Å². The van der Waals surface area contributed by atoms with E-state index in [4.69, 9.17) is 10.2 Å². The number of amides is 1. The standard InChI is InChI=1S/C14H14N2O5/c17-12(16-11(14(20)21)6-13(18)19)5-8-7-15-10-4-2-1-3-9(8)10/h1-4,11H,5-7H2,(H,16,17)(H,18,19)(H,20,21)/t11-/m0/s1. The highest BCUT2D eigenvalue weighted by molar-refractivity contribution is 5.90. The molecule has 3 N–H and O–H groups in total. The number of rotatable bonds is 6. The summed E-state index contributed by atoms with van der Waals surface area (Å²) in [6.07, 6.45) is -0.652. The Labute approximate surface area is 119 Å². The molecule has 0 spiro atoms. The fraction of sp³-hybridized carbons (Fsp3) is 0.286. The van der Waals surface area contributed by atoms with Crippen molar-refractivity contribution in [2.24, 2.45) is 4.99 Å². The number of para-hydroxylation sites is 1. The van der Waals surface area contributed by atoms with E-state index in [1.54, 1.807) is 0 Å². The summed E-state index contributed by atoms with van der Waals surface area (Å²) in [4.78, 5) is 37.6. The average Bonchev–Trinajstić information content (AvgIpc) is 2.81. The number of benzene rings is 1. The van der Waals surface area contributed by atoms with Crippen LogP contribution in [0.5, 0.6) is 0 Å². The monoisotopic (exact) mass is 290 g/mol. The molecule has 1 aromatic carbocycles. The zero-order chi connectivity index (χ0) is 15.4. The van der Waals surface area contributed by atoms with Gasteiger partial charge in [0.25, 0.3) is 0 Å².